The Morgan fingerprint density at radius 1 is 0.846 bits per heavy atom. The molecule has 0 amide bonds. The van der Waals surface area contributed by atoms with Gasteiger partial charge in [-0.1, -0.05) is 18.2 Å². The van der Waals surface area contributed by atoms with Gasteiger partial charge in [-0.25, -0.2) is 14.4 Å². The summed E-state index contributed by atoms with van der Waals surface area (Å²) in [6, 6.07) is 16.3. The van der Waals surface area contributed by atoms with Crippen molar-refractivity contribution in [2.75, 3.05) is 5.73 Å². The molecule has 0 saturated heterocycles. The zero-order valence-electron chi connectivity index (χ0n) is 13.3. The van der Waals surface area contributed by atoms with Crippen LogP contribution < -0.4 is 17.0 Å². The highest BCUT2D eigenvalue weighted by molar-refractivity contribution is 5.91. The van der Waals surface area contributed by atoms with E-state index in [2.05, 4.69) is 0 Å². The molecule has 7 heteroatoms. The van der Waals surface area contributed by atoms with Gasteiger partial charge in [0.05, 0.1) is 0 Å². The van der Waals surface area contributed by atoms with E-state index in [1.807, 2.05) is 0 Å². The van der Waals surface area contributed by atoms with E-state index in [-0.39, 0.29) is 11.2 Å². The standard InChI is InChI=1S/C10H6O4.C9H7NO2/c11-9(12)7-5-6-3-1-2-4-8(6)14-10(7)13;10-7-2-3-8-6(5-7)1-4-9(11)12-8/h1-5H,(H,11,12);1-5H,10H2. The Hall–Kier alpha value is -3.87. The molecule has 0 spiro atoms. The van der Waals surface area contributed by atoms with Gasteiger partial charge in [0.25, 0.3) is 0 Å². The van der Waals surface area contributed by atoms with Crippen molar-refractivity contribution in [2.45, 2.75) is 0 Å². The lowest BCUT2D eigenvalue weighted by Gasteiger charge is -1.96. The minimum absolute atomic E-state index is 0.340. The molecule has 7 nitrogen and oxygen atoms in total. The highest BCUT2D eigenvalue weighted by atomic mass is 16.4. The lowest BCUT2D eigenvalue weighted by molar-refractivity contribution is 0.0692. The molecule has 0 aliphatic rings. The maximum absolute atomic E-state index is 11.1. The van der Waals surface area contributed by atoms with Crippen molar-refractivity contribution in [1.82, 2.24) is 0 Å². The number of carbonyl (C=O) groups is 1. The first-order valence-corrected chi connectivity index (χ1v) is 7.49. The van der Waals surface area contributed by atoms with Crippen LogP contribution in [0.2, 0.25) is 0 Å². The molecule has 0 bridgehead atoms. The number of fused-ring (bicyclic) bond motifs is 2. The molecule has 0 unspecified atom stereocenters. The Kier molecular flexibility index (Phi) is 4.53. The van der Waals surface area contributed by atoms with Gasteiger partial charge in [0.15, 0.2) is 0 Å². The number of carboxylic acid groups (broad SMARTS) is 1. The van der Waals surface area contributed by atoms with Crippen molar-refractivity contribution >= 4 is 33.6 Å². The van der Waals surface area contributed by atoms with Crippen LogP contribution in [0.4, 0.5) is 5.69 Å². The smallest absolute Gasteiger partial charge is 0.351 e. The summed E-state index contributed by atoms with van der Waals surface area (Å²) >= 11 is 0. The van der Waals surface area contributed by atoms with Crippen molar-refractivity contribution in [3.63, 3.8) is 0 Å². The summed E-state index contributed by atoms with van der Waals surface area (Å²) in [5, 5.41) is 10.1. The molecule has 130 valence electrons. The number of hydrogen-bond acceptors (Lipinski definition) is 6. The molecule has 0 aliphatic carbocycles. The maximum atomic E-state index is 11.1. The lowest BCUT2D eigenvalue weighted by atomic mass is 10.2. The number of para-hydroxylation sites is 1. The fourth-order valence-electron chi connectivity index (χ4n) is 2.30. The van der Waals surface area contributed by atoms with Gasteiger partial charge >= 0.3 is 17.2 Å². The molecule has 0 atom stereocenters. The molecule has 0 saturated carbocycles. The van der Waals surface area contributed by atoms with Gasteiger partial charge in [0, 0.05) is 22.5 Å². The van der Waals surface area contributed by atoms with Crippen LogP contribution in [-0.4, -0.2) is 11.1 Å². The third-order valence-corrected chi connectivity index (χ3v) is 3.52. The third kappa shape index (κ3) is 3.62. The SMILES string of the molecule is Nc1ccc2oc(=O)ccc2c1.O=C(O)c1cc2ccccc2oc1=O. The van der Waals surface area contributed by atoms with Crippen molar-refractivity contribution in [3.8, 4) is 0 Å². The molecule has 0 fully saturated rings. The summed E-state index contributed by atoms with van der Waals surface area (Å²) in [5.74, 6) is -1.27. The quantitative estimate of drug-likeness (QED) is 0.399. The Morgan fingerprint density at radius 3 is 2.31 bits per heavy atom. The number of rotatable bonds is 1. The first-order chi connectivity index (χ1) is 12.4. The monoisotopic (exact) mass is 351 g/mol. The van der Waals surface area contributed by atoms with Crippen molar-refractivity contribution < 1.29 is 18.7 Å². The Morgan fingerprint density at radius 2 is 1.54 bits per heavy atom. The number of carboxylic acids is 1. The van der Waals surface area contributed by atoms with Crippen LogP contribution in [0.5, 0.6) is 0 Å². The zero-order chi connectivity index (χ0) is 18.7. The van der Waals surface area contributed by atoms with Crippen molar-refractivity contribution in [2.24, 2.45) is 0 Å². The van der Waals surface area contributed by atoms with Gasteiger partial charge in [-0.05, 0) is 36.4 Å². The number of anilines is 1. The van der Waals surface area contributed by atoms with Crippen LogP contribution in [0.1, 0.15) is 10.4 Å². The second kappa shape index (κ2) is 6.94. The normalized spacial score (nSPS) is 10.3. The predicted molar refractivity (Wildman–Crippen MR) is 96.3 cm³/mol. The fourth-order valence-corrected chi connectivity index (χ4v) is 2.30. The van der Waals surface area contributed by atoms with Crippen LogP contribution in [0.15, 0.2) is 79.1 Å². The van der Waals surface area contributed by atoms with E-state index >= 15 is 0 Å². The average Bonchev–Trinajstić information content (AvgIpc) is 2.61. The van der Waals surface area contributed by atoms with Gasteiger partial charge in [-0.2, -0.15) is 0 Å². The van der Waals surface area contributed by atoms with E-state index in [4.69, 9.17) is 19.7 Å². The molecular formula is C19H13NO6. The number of hydrogen-bond donors (Lipinski definition) is 2. The first-order valence-electron chi connectivity index (χ1n) is 7.49. The fraction of sp³-hybridized carbons (Fsp3) is 0. The van der Waals surface area contributed by atoms with Crippen LogP contribution in [-0.2, 0) is 0 Å². The number of nitrogens with two attached hydrogens (primary N) is 1. The van der Waals surface area contributed by atoms with Gasteiger partial charge in [0.2, 0.25) is 0 Å². The van der Waals surface area contributed by atoms with Crippen molar-refractivity contribution in [1.29, 1.82) is 0 Å². The van der Waals surface area contributed by atoms with Gasteiger partial charge in [-0.15, -0.1) is 0 Å². The third-order valence-electron chi connectivity index (χ3n) is 3.52. The van der Waals surface area contributed by atoms with E-state index in [0.29, 0.717) is 22.2 Å². The highest BCUT2D eigenvalue weighted by Crippen LogP contribution is 2.14. The molecule has 26 heavy (non-hydrogen) atoms. The van der Waals surface area contributed by atoms with Crippen LogP contribution in [0, 0.1) is 0 Å². The van der Waals surface area contributed by atoms with Crippen LogP contribution in [0.3, 0.4) is 0 Å². The Labute approximate surface area is 145 Å². The maximum Gasteiger partial charge on any atom is 0.351 e. The minimum Gasteiger partial charge on any atom is -0.477 e. The van der Waals surface area contributed by atoms with E-state index in [9.17, 15) is 14.4 Å². The molecule has 2 aromatic heterocycles. The van der Waals surface area contributed by atoms with E-state index in [1.165, 1.54) is 12.1 Å². The summed E-state index contributed by atoms with van der Waals surface area (Å²) in [6.07, 6.45) is 0. The Bertz CT molecular complexity index is 1220. The zero-order valence-corrected chi connectivity index (χ0v) is 13.3. The van der Waals surface area contributed by atoms with Crippen LogP contribution >= 0.6 is 0 Å². The summed E-state index contributed by atoms with van der Waals surface area (Å²) in [5.41, 5.74) is 5.66. The van der Waals surface area contributed by atoms with Gasteiger partial charge < -0.3 is 19.7 Å². The molecule has 4 rings (SSSR count). The van der Waals surface area contributed by atoms with E-state index in [1.54, 1.807) is 48.5 Å². The topological polar surface area (TPSA) is 124 Å². The second-order valence-electron chi connectivity index (χ2n) is 5.34. The van der Waals surface area contributed by atoms with Gasteiger partial charge in [0.1, 0.15) is 16.7 Å². The second-order valence-corrected chi connectivity index (χ2v) is 5.34. The minimum atomic E-state index is -1.27. The highest BCUT2D eigenvalue weighted by Gasteiger charge is 2.11. The molecule has 0 aliphatic heterocycles. The van der Waals surface area contributed by atoms with Crippen molar-refractivity contribution in [3.05, 3.63) is 87.1 Å². The molecule has 3 N–H and O–H groups in total. The molecule has 4 aromatic rings. The van der Waals surface area contributed by atoms with Crippen LogP contribution in [0.25, 0.3) is 21.9 Å². The van der Waals surface area contributed by atoms with Gasteiger partial charge in [-0.3, -0.25) is 0 Å². The molecule has 0 radical (unpaired) electrons. The summed E-state index contributed by atoms with van der Waals surface area (Å²) in [6.45, 7) is 0. The first kappa shape index (κ1) is 17.0. The summed E-state index contributed by atoms with van der Waals surface area (Å²) in [7, 11) is 0. The number of aromatic carboxylic acids is 1. The average molecular weight is 351 g/mol. The Balaban J connectivity index is 0.000000152. The van der Waals surface area contributed by atoms with E-state index in [0.717, 1.165) is 5.39 Å². The predicted octanol–water partition coefficient (Wildman–Crippen LogP) is 2.87. The molecule has 2 heterocycles. The summed E-state index contributed by atoms with van der Waals surface area (Å²) < 4.78 is 9.72. The largest absolute Gasteiger partial charge is 0.477 e. The number of nitrogen functional groups attached to an aromatic ring is 1. The van der Waals surface area contributed by atoms with E-state index < -0.39 is 11.6 Å². The molecule has 2 aromatic carbocycles. The summed E-state index contributed by atoms with van der Waals surface area (Å²) in [4.78, 5) is 32.5. The molecular weight excluding hydrogens is 338 g/mol. The number of benzene rings is 2. The lowest BCUT2D eigenvalue weighted by Crippen LogP contribution is -2.12.